The molecule has 0 fully saturated rings. The second-order valence-electron chi connectivity index (χ2n) is 11.9. The maximum Gasteiger partial charge on any atom is 0.323 e. The Morgan fingerprint density at radius 3 is 1.60 bits per heavy atom. The van der Waals surface area contributed by atoms with Crippen molar-refractivity contribution in [1.82, 2.24) is 4.90 Å². The van der Waals surface area contributed by atoms with Crippen LogP contribution >= 0.6 is 0 Å². The van der Waals surface area contributed by atoms with Crippen LogP contribution < -0.4 is 9.47 Å². The van der Waals surface area contributed by atoms with Gasteiger partial charge >= 0.3 is 11.9 Å². The first-order valence-corrected chi connectivity index (χ1v) is 15.7. The third kappa shape index (κ3) is 12.3. The van der Waals surface area contributed by atoms with Crippen molar-refractivity contribution in [3.8, 4) is 23.0 Å². The first kappa shape index (κ1) is 34.7. The van der Waals surface area contributed by atoms with Crippen LogP contribution in [-0.2, 0) is 19.1 Å². The van der Waals surface area contributed by atoms with Gasteiger partial charge in [-0.2, -0.15) is 0 Å². The van der Waals surface area contributed by atoms with Gasteiger partial charge in [0.05, 0.1) is 7.11 Å². The molecule has 0 amide bonds. The molecule has 244 valence electrons. The lowest BCUT2D eigenvalue weighted by Crippen LogP contribution is -2.42. The van der Waals surface area contributed by atoms with Crippen LogP contribution in [0.5, 0.6) is 23.0 Å². The van der Waals surface area contributed by atoms with Gasteiger partial charge in [0.1, 0.15) is 34.6 Å². The van der Waals surface area contributed by atoms with Gasteiger partial charge in [-0.1, -0.05) is 85.0 Å². The van der Waals surface area contributed by atoms with Crippen LogP contribution in [0.1, 0.15) is 44.7 Å². The molecule has 0 saturated carbocycles. The lowest BCUT2D eigenvalue weighted by atomic mass is 10.1. The standard InChI is InChI=1S/C40H43NO6/c1-40(2,3)47-38(42)26-25-37(39(43)44-4)41(27-13-17-31-15-11-23-35(29-31)45-33-19-7-5-8-20-33)28-14-18-32-16-12-24-36(30-32)46-34-21-9-6-10-22-34/h5-24,29-30,37H,25-28H2,1-4H3/b17-13+,18-14+/t37-/m0/s1. The number of carbonyl (C=O) groups is 2. The molecule has 0 aliphatic rings. The molecule has 0 radical (unpaired) electrons. The van der Waals surface area contributed by atoms with Gasteiger partial charge < -0.3 is 18.9 Å². The van der Waals surface area contributed by atoms with Crippen molar-refractivity contribution < 1.29 is 28.5 Å². The van der Waals surface area contributed by atoms with Gasteiger partial charge in [0.15, 0.2) is 0 Å². The zero-order chi connectivity index (χ0) is 33.5. The Morgan fingerprint density at radius 1 is 0.681 bits per heavy atom. The Labute approximate surface area is 278 Å². The normalized spacial score (nSPS) is 12.3. The Morgan fingerprint density at radius 2 is 1.15 bits per heavy atom. The number of esters is 2. The zero-order valence-corrected chi connectivity index (χ0v) is 27.5. The Balaban J connectivity index is 1.50. The van der Waals surface area contributed by atoms with E-state index in [0.717, 1.165) is 34.1 Å². The SMILES string of the molecule is COC(=O)[C@H](CCC(=O)OC(C)(C)C)N(C/C=C/c1cccc(Oc2ccccc2)c1)C/C=C/c1cccc(Oc2ccccc2)c1. The van der Waals surface area contributed by atoms with E-state index in [0.29, 0.717) is 13.1 Å². The third-order valence-corrected chi connectivity index (χ3v) is 6.93. The fourth-order valence-corrected chi connectivity index (χ4v) is 4.82. The predicted octanol–water partition coefficient (Wildman–Crippen LogP) is 8.96. The van der Waals surface area contributed by atoms with Crippen LogP contribution in [0.2, 0.25) is 0 Å². The Bertz CT molecular complexity index is 1530. The molecule has 47 heavy (non-hydrogen) atoms. The lowest BCUT2D eigenvalue weighted by Gasteiger charge is -2.28. The number of carbonyl (C=O) groups excluding carboxylic acids is 2. The molecule has 4 aromatic carbocycles. The number of rotatable bonds is 15. The quantitative estimate of drug-likeness (QED) is 0.121. The van der Waals surface area contributed by atoms with E-state index in [1.54, 1.807) is 0 Å². The largest absolute Gasteiger partial charge is 0.468 e. The molecule has 0 bridgehead atoms. The maximum absolute atomic E-state index is 13.1. The van der Waals surface area contributed by atoms with E-state index in [2.05, 4.69) is 0 Å². The van der Waals surface area contributed by atoms with E-state index in [1.165, 1.54) is 7.11 Å². The molecular weight excluding hydrogens is 590 g/mol. The van der Waals surface area contributed by atoms with Gasteiger partial charge in [0.2, 0.25) is 0 Å². The highest BCUT2D eigenvalue weighted by molar-refractivity contribution is 5.77. The van der Waals surface area contributed by atoms with Gasteiger partial charge in [-0.3, -0.25) is 14.5 Å². The number of benzene rings is 4. The van der Waals surface area contributed by atoms with Crippen LogP contribution in [-0.4, -0.2) is 48.7 Å². The molecule has 0 aromatic heterocycles. The van der Waals surface area contributed by atoms with E-state index < -0.39 is 17.6 Å². The average molecular weight is 634 g/mol. The van der Waals surface area contributed by atoms with E-state index in [-0.39, 0.29) is 18.8 Å². The number of hydrogen-bond donors (Lipinski definition) is 0. The molecule has 0 aliphatic heterocycles. The summed E-state index contributed by atoms with van der Waals surface area (Å²) in [5, 5.41) is 0. The summed E-state index contributed by atoms with van der Waals surface area (Å²) in [7, 11) is 1.36. The van der Waals surface area contributed by atoms with Gasteiger partial charge in [-0.05, 0) is 86.8 Å². The van der Waals surface area contributed by atoms with Gasteiger partial charge in [-0.25, -0.2) is 0 Å². The van der Waals surface area contributed by atoms with Crippen molar-refractivity contribution in [2.45, 2.75) is 45.3 Å². The Hall–Kier alpha value is -5.14. The summed E-state index contributed by atoms with van der Waals surface area (Å²) in [5.41, 5.74) is 1.29. The van der Waals surface area contributed by atoms with E-state index in [4.69, 9.17) is 18.9 Å². The molecule has 0 N–H and O–H groups in total. The van der Waals surface area contributed by atoms with E-state index in [1.807, 2.05) is 159 Å². The Kier molecular flexibility index (Phi) is 13.0. The number of methoxy groups -OCH3 is 1. The van der Waals surface area contributed by atoms with Crippen molar-refractivity contribution in [2.75, 3.05) is 20.2 Å². The number of para-hydroxylation sites is 2. The molecule has 0 aliphatic carbocycles. The minimum atomic E-state index is -0.665. The molecule has 0 heterocycles. The lowest BCUT2D eigenvalue weighted by molar-refractivity contribution is -0.155. The molecule has 4 aromatic rings. The first-order chi connectivity index (χ1) is 22.7. The third-order valence-electron chi connectivity index (χ3n) is 6.93. The first-order valence-electron chi connectivity index (χ1n) is 15.7. The minimum Gasteiger partial charge on any atom is -0.468 e. The van der Waals surface area contributed by atoms with Crippen molar-refractivity contribution in [3.05, 3.63) is 132 Å². The van der Waals surface area contributed by atoms with Crippen molar-refractivity contribution in [3.63, 3.8) is 0 Å². The number of nitrogens with zero attached hydrogens (tertiary/aromatic N) is 1. The molecule has 7 heteroatoms. The fraction of sp³-hybridized carbons (Fsp3) is 0.250. The van der Waals surface area contributed by atoms with E-state index in [9.17, 15) is 9.59 Å². The molecule has 7 nitrogen and oxygen atoms in total. The van der Waals surface area contributed by atoms with Crippen molar-refractivity contribution in [2.24, 2.45) is 0 Å². The second kappa shape index (κ2) is 17.5. The summed E-state index contributed by atoms with van der Waals surface area (Å²) >= 11 is 0. The molecular formula is C40H43NO6. The highest BCUT2D eigenvalue weighted by Gasteiger charge is 2.27. The summed E-state index contributed by atoms with van der Waals surface area (Å²) in [5.74, 6) is 2.20. The summed E-state index contributed by atoms with van der Waals surface area (Å²) < 4.78 is 22.7. The molecule has 0 unspecified atom stereocenters. The van der Waals surface area contributed by atoms with Crippen LogP contribution in [0, 0.1) is 0 Å². The monoisotopic (exact) mass is 633 g/mol. The summed E-state index contributed by atoms with van der Waals surface area (Å²) in [6.45, 7) is 6.33. The van der Waals surface area contributed by atoms with Crippen LogP contribution in [0.4, 0.5) is 0 Å². The second-order valence-corrected chi connectivity index (χ2v) is 11.9. The molecule has 4 rings (SSSR count). The minimum absolute atomic E-state index is 0.0820. The van der Waals surface area contributed by atoms with Gasteiger partial charge in [0, 0.05) is 19.5 Å². The highest BCUT2D eigenvalue weighted by Crippen LogP contribution is 2.24. The maximum atomic E-state index is 13.1. The topological polar surface area (TPSA) is 74.3 Å². The van der Waals surface area contributed by atoms with Crippen molar-refractivity contribution in [1.29, 1.82) is 0 Å². The average Bonchev–Trinajstić information content (AvgIpc) is 3.05. The summed E-state index contributed by atoms with van der Waals surface area (Å²) in [6.07, 6.45) is 8.30. The summed E-state index contributed by atoms with van der Waals surface area (Å²) in [4.78, 5) is 27.6. The summed E-state index contributed by atoms with van der Waals surface area (Å²) in [6, 6.07) is 34.1. The molecule has 0 spiro atoms. The van der Waals surface area contributed by atoms with Gasteiger partial charge in [-0.15, -0.1) is 0 Å². The number of ether oxygens (including phenoxy) is 4. The highest BCUT2D eigenvalue weighted by atomic mass is 16.6. The molecule has 1 atom stereocenters. The van der Waals surface area contributed by atoms with Crippen molar-refractivity contribution >= 4 is 24.1 Å². The van der Waals surface area contributed by atoms with Crippen LogP contribution in [0.15, 0.2) is 121 Å². The molecule has 0 saturated heterocycles. The smallest absolute Gasteiger partial charge is 0.323 e. The fourth-order valence-electron chi connectivity index (χ4n) is 4.82. The van der Waals surface area contributed by atoms with E-state index >= 15 is 0 Å². The van der Waals surface area contributed by atoms with Crippen LogP contribution in [0.3, 0.4) is 0 Å². The number of hydrogen-bond acceptors (Lipinski definition) is 7. The predicted molar refractivity (Wildman–Crippen MR) is 186 cm³/mol. The van der Waals surface area contributed by atoms with Gasteiger partial charge in [0.25, 0.3) is 0 Å². The van der Waals surface area contributed by atoms with Crippen LogP contribution in [0.25, 0.3) is 12.2 Å². The zero-order valence-electron chi connectivity index (χ0n) is 27.5.